The lowest BCUT2D eigenvalue weighted by Crippen LogP contribution is -2.32. The van der Waals surface area contributed by atoms with E-state index in [9.17, 15) is 27.9 Å². The van der Waals surface area contributed by atoms with Gasteiger partial charge in [-0.3, -0.25) is 14.3 Å². The minimum absolute atomic E-state index is 0.0311. The SMILES string of the molecule is Cc1c(-c2ccc(Oc3ccc(OC(F)(F)F)cc3)nc2)sc2c1c(=O)[nH]c(=O)n2CC(C)O. The summed E-state index contributed by atoms with van der Waals surface area (Å²) in [6.07, 6.45) is -4.04. The summed E-state index contributed by atoms with van der Waals surface area (Å²) in [5.74, 6) is 0.102. The van der Waals surface area contributed by atoms with Gasteiger partial charge in [0.25, 0.3) is 5.56 Å². The van der Waals surface area contributed by atoms with E-state index in [1.54, 1.807) is 26.0 Å². The highest BCUT2D eigenvalue weighted by Crippen LogP contribution is 2.36. The van der Waals surface area contributed by atoms with Crippen LogP contribution in [-0.2, 0) is 6.54 Å². The Morgan fingerprint density at radius 2 is 1.82 bits per heavy atom. The zero-order chi connectivity index (χ0) is 24.6. The Bertz CT molecular complexity index is 1440. The molecule has 8 nitrogen and oxygen atoms in total. The summed E-state index contributed by atoms with van der Waals surface area (Å²) < 4.78 is 47.5. The lowest BCUT2D eigenvalue weighted by atomic mass is 10.1. The average molecular weight is 493 g/mol. The number of aliphatic hydroxyl groups is 1. The summed E-state index contributed by atoms with van der Waals surface area (Å²) in [5, 5.41) is 10.1. The Morgan fingerprint density at radius 1 is 1.15 bits per heavy atom. The van der Waals surface area contributed by atoms with Crippen LogP contribution in [0.5, 0.6) is 17.4 Å². The van der Waals surface area contributed by atoms with Gasteiger partial charge < -0.3 is 14.6 Å². The second kappa shape index (κ2) is 8.95. The molecule has 3 heterocycles. The molecule has 0 aliphatic heterocycles. The largest absolute Gasteiger partial charge is 0.573 e. The number of alkyl halides is 3. The third-order valence-corrected chi connectivity index (χ3v) is 6.15. The number of nitrogens with zero attached hydrogens (tertiary/aromatic N) is 2. The lowest BCUT2D eigenvalue weighted by molar-refractivity contribution is -0.274. The molecule has 0 spiro atoms. The fraction of sp³-hybridized carbons (Fsp3) is 0.227. The second-order valence-electron chi connectivity index (χ2n) is 7.46. The van der Waals surface area contributed by atoms with Gasteiger partial charge in [0.05, 0.1) is 18.0 Å². The number of aliphatic hydroxyl groups excluding tert-OH is 1. The molecular formula is C22H18F3N3O5S. The first kappa shape index (κ1) is 23.5. The molecule has 2 N–H and O–H groups in total. The molecule has 4 aromatic rings. The van der Waals surface area contributed by atoms with Gasteiger partial charge in [-0.15, -0.1) is 24.5 Å². The zero-order valence-corrected chi connectivity index (χ0v) is 18.7. The number of benzene rings is 1. The number of aromatic amines is 1. The number of pyridine rings is 1. The van der Waals surface area contributed by atoms with Crippen LogP contribution in [0.3, 0.4) is 0 Å². The molecule has 34 heavy (non-hydrogen) atoms. The number of H-pyrrole nitrogens is 1. The molecule has 0 bridgehead atoms. The molecule has 0 aliphatic rings. The summed E-state index contributed by atoms with van der Waals surface area (Å²) >= 11 is 1.24. The molecule has 1 atom stereocenters. The van der Waals surface area contributed by atoms with Crippen molar-refractivity contribution in [1.82, 2.24) is 14.5 Å². The fourth-order valence-corrected chi connectivity index (χ4v) is 4.69. The van der Waals surface area contributed by atoms with Crippen molar-refractivity contribution >= 4 is 21.6 Å². The lowest BCUT2D eigenvalue weighted by Gasteiger charge is -2.10. The molecule has 0 amide bonds. The van der Waals surface area contributed by atoms with E-state index in [0.29, 0.717) is 21.3 Å². The number of aryl methyl sites for hydroxylation is 1. The first-order valence-corrected chi connectivity index (χ1v) is 10.8. The van der Waals surface area contributed by atoms with Gasteiger partial charge in [0.1, 0.15) is 16.3 Å². The highest BCUT2D eigenvalue weighted by molar-refractivity contribution is 7.22. The molecule has 3 aromatic heterocycles. The molecule has 1 aromatic carbocycles. The number of rotatable bonds is 6. The van der Waals surface area contributed by atoms with Crippen molar-refractivity contribution < 1.29 is 27.8 Å². The monoisotopic (exact) mass is 493 g/mol. The van der Waals surface area contributed by atoms with Gasteiger partial charge in [-0.2, -0.15) is 0 Å². The van der Waals surface area contributed by atoms with E-state index in [-0.39, 0.29) is 23.9 Å². The van der Waals surface area contributed by atoms with E-state index in [2.05, 4.69) is 14.7 Å². The molecule has 0 radical (unpaired) electrons. The van der Waals surface area contributed by atoms with Crippen molar-refractivity contribution in [2.75, 3.05) is 0 Å². The minimum Gasteiger partial charge on any atom is -0.439 e. The highest BCUT2D eigenvalue weighted by atomic mass is 32.1. The van der Waals surface area contributed by atoms with Crippen LogP contribution >= 0.6 is 11.3 Å². The van der Waals surface area contributed by atoms with Gasteiger partial charge in [0.15, 0.2) is 0 Å². The van der Waals surface area contributed by atoms with Gasteiger partial charge >= 0.3 is 12.1 Å². The third kappa shape index (κ3) is 4.97. The molecule has 1 unspecified atom stereocenters. The Hall–Kier alpha value is -3.64. The van der Waals surface area contributed by atoms with Crippen LogP contribution in [0, 0.1) is 6.92 Å². The topological polar surface area (TPSA) is 106 Å². The summed E-state index contributed by atoms with van der Waals surface area (Å²) in [6.45, 7) is 3.34. The van der Waals surface area contributed by atoms with Crippen molar-refractivity contribution in [2.45, 2.75) is 32.9 Å². The van der Waals surface area contributed by atoms with Crippen LogP contribution in [0.25, 0.3) is 20.7 Å². The van der Waals surface area contributed by atoms with E-state index < -0.39 is 23.7 Å². The first-order chi connectivity index (χ1) is 16.0. The van der Waals surface area contributed by atoms with Crippen LogP contribution in [0.4, 0.5) is 13.2 Å². The predicted molar refractivity (Wildman–Crippen MR) is 120 cm³/mol. The van der Waals surface area contributed by atoms with E-state index in [4.69, 9.17) is 4.74 Å². The Balaban J connectivity index is 1.61. The molecule has 0 aliphatic carbocycles. The Kier molecular flexibility index (Phi) is 6.19. The maximum Gasteiger partial charge on any atom is 0.573 e. The molecule has 0 saturated heterocycles. The summed E-state index contributed by atoms with van der Waals surface area (Å²) in [5.41, 5.74) is 0.235. The van der Waals surface area contributed by atoms with Gasteiger partial charge in [-0.05, 0) is 49.7 Å². The van der Waals surface area contributed by atoms with Gasteiger partial charge in [-0.1, -0.05) is 0 Å². The number of hydrogen-bond donors (Lipinski definition) is 2. The highest BCUT2D eigenvalue weighted by Gasteiger charge is 2.31. The number of fused-ring (bicyclic) bond motifs is 1. The number of aromatic nitrogens is 3. The van der Waals surface area contributed by atoms with Gasteiger partial charge in [0, 0.05) is 22.7 Å². The molecule has 0 fully saturated rings. The second-order valence-corrected chi connectivity index (χ2v) is 8.46. The Labute approximate surface area is 193 Å². The fourth-order valence-electron chi connectivity index (χ4n) is 3.39. The van der Waals surface area contributed by atoms with E-state index in [1.807, 2.05) is 0 Å². The maximum absolute atomic E-state index is 12.4. The number of hydrogen-bond acceptors (Lipinski definition) is 7. The van der Waals surface area contributed by atoms with Gasteiger partial charge in [-0.25, -0.2) is 9.78 Å². The summed E-state index contributed by atoms with van der Waals surface area (Å²) in [6, 6.07) is 8.18. The van der Waals surface area contributed by atoms with E-state index in [0.717, 1.165) is 17.0 Å². The van der Waals surface area contributed by atoms with Crippen LogP contribution in [0.15, 0.2) is 52.2 Å². The van der Waals surface area contributed by atoms with Crippen LogP contribution in [0.1, 0.15) is 12.5 Å². The standard InChI is InChI=1S/C22H18F3N3O5S/c1-11(29)10-28-20-17(19(30)27-21(28)31)12(2)18(34-20)13-3-8-16(26-9-13)32-14-4-6-15(7-5-14)33-22(23,24)25/h3-9,11,29H,10H2,1-2H3,(H,27,30,31). The smallest absolute Gasteiger partial charge is 0.439 e. The van der Waals surface area contributed by atoms with E-state index in [1.165, 1.54) is 34.2 Å². The predicted octanol–water partition coefficient (Wildman–Crippen LogP) is 4.19. The summed E-state index contributed by atoms with van der Waals surface area (Å²) in [4.78, 5) is 32.4. The quantitative estimate of drug-likeness (QED) is 0.417. The van der Waals surface area contributed by atoms with Crippen LogP contribution < -0.4 is 20.7 Å². The Morgan fingerprint density at radius 3 is 2.41 bits per heavy atom. The maximum atomic E-state index is 12.4. The zero-order valence-electron chi connectivity index (χ0n) is 17.8. The van der Waals surface area contributed by atoms with Crippen molar-refractivity contribution in [3.05, 3.63) is 69.0 Å². The van der Waals surface area contributed by atoms with Crippen molar-refractivity contribution in [2.24, 2.45) is 0 Å². The minimum atomic E-state index is -4.78. The van der Waals surface area contributed by atoms with Crippen molar-refractivity contribution in [3.63, 3.8) is 0 Å². The number of nitrogens with one attached hydrogen (secondary N) is 1. The van der Waals surface area contributed by atoms with Crippen molar-refractivity contribution in [1.29, 1.82) is 0 Å². The van der Waals surface area contributed by atoms with Gasteiger partial charge in [0.2, 0.25) is 5.88 Å². The normalized spacial score (nSPS) is 12.6. The average Bonchev–Trinajstić information content (AvgIpc) is 3.09. The molecule has 178 valence electrons. The van der Waals surface area contributed by atoms with Crippen molar-refractivity contribution in [3.8, 4) is 27.8 Å². The summed E-state index contributed by atoms with van der Waals surface area (Å²) in [7, 11) is 0. The molecule has 12 heteroatoms. The number of thiophene rings is 1. The molecule has 0 saturated carbocycles. The third-order valence-electron chi connectivity index (χ3n) is 4.79. The van der Waals surface area contributed by atoms with Crippen LogP contribution in [0.2, 0.25) is 0 Å². The molecule has 4 rings (SSSR count). The van der Waals surface area contributed by atoms with E-state index >= 15 is 0 Å². The number of halogens is 3. The van der Waals surface area contributed by atoms with Crippen LogP contribution in [-0.4, -0.2) is 32.1 Å². The first-order valence-electron chi connectivity index (χ1n) is 9.96. The molecular weight excluding hydrogens is 475 g/mol. The number of ether oxygens (including phenoxy) is 2.